The summed E-state index contributed by atoms with van der Waals surface area (Å²) in [6.45, 7) is 0. The summed E-state index contributed by atoms with van der Waals surface area (Å²) < 4.78 is 10.6. The van der Waals surface area contributed by atoms with Crippen molar-refractivity contribution in [2.75, 3.05) is 20.0 Å². The van der Waals surface area contributed by atoms with Gasteiger partial charge in [-0.15, -0.1) is 0 Å². The van der Waals surface area contributed by atoms with E-state index >= 15 is 4.79 Å². The molecule has 10 heteroatoms. The molecular formula is C43H48N3O7-. The largest absolute Gasteiger partial charge is 0.668 e. The van der Waals surface area contributed by atoms with Crippen molar-refractivity contribution in [1.29, 1.82) is 0 Å². The number of carbonyl (C=O) groups excluding carboxylic acids is 1. The molecule has 0 saturated heterocycles. The topological polar surface area (TPSA) is 169 Å². The Morgan fingerprint density at radius 1 is 0.849 bits per heavy atom. The number of phenolic OH excluding ortho intramolecular Hbond substituents is 3. The number of ether oxygens (including phenoxy) is 2. The van der Waals surface area contributed by atoms with Crippen LogP contribution in [0.15, 0.2) is 97.3 Å². The first-order valence-electron chi connectivity index (χ1n) is 18.1. The van der Waals surface area contributed by atoms with Crippen LogP contribution in [0.4, 0.5) is 5.82 Å². The van der Waals surface area contributed by atoms with Gasteiger partial charge >= 0.3 is 0 Å². The number of nitrogen functional groups attached to an aromatic ring is 1. The van der Waals surface area contributed by atoms with Crippen LogP contribution in [0, 0.1) is 17.8 Å². The van der Waals surface area contributed by atoms with E-state index in [1.54, 1.807) is 36.7 Å². The molecule has 0 radical (unpaired) electrons. The SMILES string of the molecule is COc1cc(CC[C@@H](O)[C@H](C(=O)CCc2cc(O)c(O)c(OC)c2)[C@@]2(c3ccnc(N)c3)[C@@H](Cc3ccc[n-]3)CC[C@H]2Cc2ccccc2)ccc1O. The maximum absolute atomic E-state index is 15.2. The minimum Gasteiger partial charge on any atom is -0.668 e. The number of nitrogens with two attached hydrogens (primary N) is 1. The van der Waals surface area contributed by atoms with Gasteiger partial charge in [0, 0.05) is 18.0 Å². The van der Waals surface area contributed by atoms with Gasteiger partial charge in [-0.1, -0.05) is 48.5 Å². The van der Waals surface area contributed by atoms with E-state index < -0.39 is 17.4 Å². The Morgan fingerprint density at radius 3 is 2.28 bits per heavy atom. The predicted molar refractivity (Wildman–Crippen MR) is 202 cm³/mol. The van der Waals surface area contributed by atoms with Crippen LogP contribution in [-0.2, 0) is 35.9 Å². The Labute approximate surface area is 310 Å². The van der Waals surface area contributed by atoms with Crippen LogP contribution in [0.25, 0.3) is 0 Å². The van der Waals surface area contributed by atoms with Crippen molar-refractivity contribution in [1.82, 2.24) is 9.97 Å². The minimum absolute atomic E-state index is 0.0228. The number of phenols is 3. The quantitative estimate of drug-likeness (QED) is 0.0729. The van der Waals surface area contributed by atoms with Gasteiger partial charge < -0.3 is 40.6 Å². The highest BCUT2D eigenvalue weighted by molar-refractivity contribution is 5.84. The van der Waals surface area contributed by atoms with Crippen molar-refractivity contribution >= 4 is 11.6 Å². The van der Waals surface area contributed by atoms with Crippen LogP contribution in [0.5, 0.6) is 28.7 Å². The Morgan fingerprint density at radius 2 is 1.58 bits per heavy atom. The molecule has 1 saturated carbocycles. The number of benzene rings is 3. The van der Waals surface area contributed by atoms with Crippen LogP contribution in [0.1, 0.15) is 53.6 Å². The number of aromatic nitrogens is 2. The summed E-state index contributed by atoms with van der Waals surface area (Å²) in [5.41, 5.74) is 9.94. The Bertz CT molecular complexity index is 1980. The molecule has 2 heterocycles. The van der Waals surface area contributed by atoms with E-state index in [2.05, 4.69) is 22.1 Å². The van der Waals surface area contributed by atoms with E-state index in [4.69, 9.17) is 15.2 Å². The van der Waals surface area contributed by atoms with Gasteiger partial charge in [-0.25, -0.2) is 4.98 Å². The number of hydrogen-bond acceptors (Lipinski definition) is 9. The van der Waals surface area contributed by atoms with Crippen LogP contribution in [0.3, 0.4) is 0 Å². The predicted octanol–water partition coefficient (Wildman–Crippen LogP) is 6.32. The number of anilines is 1. The number of aromatic hydroxyl groups is 3. The lowest BCUT2D eigenvalue weighted by Crippen LogP contribution is -2.53. The number of hydrogen-bond donors (Lipinski definition) is 5. The molecule has 0 unspecified atom stereocenters. The molecule has 0 bridgehead atoms. The number of carbonyl (C=O) groups is 1. The Balaban J connectivity index is 1.48. The molecule has 1 fully saturated rings. The van der Waals surface area contributed by atoms with E-state index in [0.29, 0.717) is 36.4 Å². The second-order valence-electron chi connectivity index (χ2n) is 14.1. The molecule has 1 aliphatic rings. The third kappa shape index (κ3) is 7.98. The van der Waals surface area contributed by atoms with Gasteiger partial charge in [-0.3, -0.25) is 4.79 Å². The summed E-state index contributed by atoms with van der Waals surface area (Å²) in [5, 5.41) is 43.5. The number of methoxy groups -OCH3 is 2. The molecule has 2 aromatic heterocycles. The van der Waals surface area contributed by atoms with Gasteiger partial charge in [-0.05, 0) is 115 Å². The average molecular weight is 719 g/mol. The van der Waals surface area contributed by atoms with E-state index in [1.165, 1.54) is 20.3 Å². The molecule has 6 rings (SSSR count). The van der Waals surface area contributed by atoms with Crippen LogP contribution in [-0.4, -0.2) is 51.5 Å². The fourth-order valence-electron chi connectivity index (χ4n) is 8.77. The first-order chi connectivity index (χ1) is 25.6. The summed E-state index contributed by atoms with van der Waals surface area (Å²) in [6, 6.07) is 26.2. The monoisotopic (exact) mass is 718 g/mol. The molecule has 1 aliphatic carbocycles. The highest BCUT2D eigenvalue weighted by atomic mass is 16.5. The third-order valence-electron chi connectivity index (χ3n) is 11.1. The molecule has 0 aliphatic heterocycles. The number of nitrogens with zero attached hydrogens (tertiary/aromatic N) is 2. The molecule has 5 aromatic rings. The van der Waals surface area contributed by atoms with Crippen LogP contribution >= 0.6 is 0 Å². The summed E-state index contributed by atoms with van der Waals surface area (Å²) >= 11 is 0. The van der Waals surface area contributed by atoms with Crippen LogP contribution in [0.2, 0.25) is 0 Å². The van der Waals surface area contributed by atoms with Crippen molar-refractivity contribution in [2.24, 2.45) is 17.8 Å². The highest BCUT2D eigenvalue weighted by Crippen LogP contribution is 2.58. The second kappa shape index (κ2) is 16.5. The zero-order valence-corrected chi connectivity index (χ0v) is 30.2. The highest BCUT2D eigenvalue weighted by Gasteiger charge is 2.58. The first kappa shape index (κ1) is 37.3. The maximum atomic E-state index is 15.2. The lowest BCUT2D eigenvalue weighted by Gasteiger charge is -2.49. The summed E-state index contributed by atoms with van der Waals surface area (Å²) in [4.78, 5) is 24.2. The minimum atomic E-state index is -1.08. The van der Waals surface area contributed by atoms with Crippen molar-refractivity contribution in [2.45, 2.75) is 62.9 Å². The molecule has 6 N–H and O–H groups in total. The number of aliphatic hydroxyl groups is 1. The Hall–Kier alpha value is -5.48. The number of rotatable bonds is 16. The first-order valence-corrected chi connectivity index (χ1v) is 18.1. The lowest BCUT2D eigenvalue weighted by atomic mass is 9.54. The number of aryl methyl sites for hydroxylation is 2. The molecule has 0 spiro atoms. The van der Waals surface area contributed by atoms with Gasteiger partial charge in [-0.2, -0.15) is 11.9 Å². The number of pyridine rings is 1. The second-order valence-corrected chi connectivity index (χ2v) is 14.1. The van der Waals surface area contributed by atoms with E-state index in [1.807, 2.05) is 42.5 Å². The summed E-state index contributed by atoms with van der Waals surface area (Å²) in [7, 11) is 2.89. The zero-order valence-electron chi connectivity index (χ0n) is 30.2. The van der Waals surface area contributed by atoms with Gasteiger partial charge in [0.2, 0.25) is 5.75 Å². The molecule has 5 atom stereocenters. The van der Waals surface area contributed by atoms with Gasteiger partial charge in [0.15, 0.2) is 23.0 Å². The Kier molecular flexibility index (Phi) is 11.6. The average Bonchev–Trinajstić information content (AvgIpc) is 3.80. The van der Waals surface area contributed by atoms with Crippen molar-refractivity contribution in [3.8, 4) is 28.7 Å². The molecule has 3 aromatic carbocycles. The van der Waals surface area contributed by atoms with E-state index in [0.717, 1.165) is 35.2 Å². The van der Waals surface area contributed by atoms with E-state index in [9.17, 15) is 20.4 Å². The standard InChI is InChI=1S/C43H48N3O7/c1-52-38-23-28(10-15-34(38)47)11-16-35(48)41(36(49)17-12-29-22-37(50)42(51)39(24-29)53-2)43(32-18-20-46-40(44)26-32)30(21-27-7-4-3-5-8-27)13-14-31(43)25-33-9-6-19-45-33/h3-10,15,18-20,22-24,26,30-31,35,41,47-48,50-51H,11-14,16-17,21,25H2,1-2H3,(H2,44,46)/q-1/t30-,31+,35+,41+,43+/m0/s1. The van der Waals surface area contributed by atoms with Gasteiger partial charge in [0.05, 0.1) is 26.2 Å². The molecule has 0 amide bonds. The maximum Gasteiger partial charge on any atom is 0.200 e. The molecule has 10 nitrogen and oxygen atoms in total. The molecule has 53 heavy (non-hydrogen) atoms. The molecule has 278 valence electrons. The summed E-state index contributed by atoms with van der Waals surface area (Å²) in [5.74, 6) is -1.03. The smallest absolute Gasteiger partial charge is 0.200 e. The number of Topliss-reactive ketones (excluding diaryl/α,β-unsaturated/α-hetero) is 1. The van der Waals surface area contributed by atoms with Gasteiger partial charge in [0.25, 0.3) is 0 Å². The molecular weight excluding hydrogens is 670 g/mol. The summed E-state index contributed by atoms with van der Waals surface area (Å²) in [6.07, 6.45) is 6.30. The van der Waals surface area contributed by atoms with E-state index in [-0.39, 0.29) is 59.9 Å². The van der Waals surface area contributed by atoms with Gasteiger partial charge in [0.1, 0.15) is 11.6 Å². The van der Waals surface area contributed by atoms with Crippen molar-refractivity contribution in [3.63, 3.8) is 0 Å². The van der Waals surface area contributed by atoms with Crippen molar-refractivity contribution in [3.05, 3.63) is 125 Å². The fourth-order valence-corrected chi connectivity index (χ4v) is 8.77. The zero-order chi connectivity index (χ0) is 37.5. The number of ketones is 1. The third-order valence-corrected chi connectivity index (χ3v) is 11.1. The normalized spacial score (nSPS) is 19.5. The van der Waals surface area contributed by atoms with Crippen LogP contribution < -0.4 is 20.2 Å². The number of aliphatic hydroxyl groups excluding tert-OH is 1. The fraction of sp³-hybridized carbons (Fsp3) is 0.349. The van der Waals surface area contributed by atoms with Crippen molar-refractivity contribution < 1.29 is 34.7 Å². The lowest BCUT2D eigenvalue weighted by molar-refractivity contribution is -0.133.